The van der Waals surface area contributed by atoms with Gasteiger partial charge in [-0.15, -0.1) is 0 Å². The molecule has 0 aromatic heterocycles. The summed E-state index contributed by atoms with van der Waals surface area (Å²) in [6, 6.07) is 5.84. The number of carbonyl (C=O) groups is 1. The Balaban J connectivity index is 0.000000447. The van der Waals surface area contributed by atoms with E-state index in [-0.39, 0.29) is 11.9 Å². The maximum Gasteiger partial charge on any atom is 0.225 e. The number of allylic oxidation sites excluding steroid dienone is 2. The zero-order valence-corrected chi connectivity index (χ0v) is 28.9. The average Bonchev–Trinajstić information content (AvgIpc) is 2.97. The Morgan fingerprint density at radius 3 is 2.44 bits per heavy atom. The van der Waals surface area contributed by atoms with Crippen molar-refractivity contribution in [3.8, 4) is 6.07 Å². The van der Waals surface area contributed by atoms with Gasteiger partial charge in [-0.1, -0.05) is 59.1 Å². The number of nitrogens with one attached hydrogen (secondary N) is 1. The van der Waals surface area contributed by atoms with Crippen LogP contribution in [0.15, 0.2) is 41.3 Å². The van der Waals surface area contributed by atoms with Gasteiger partial charge in [0.2, 0.25) is 5.91 Å². The summed E-state index contributed by atoms with van der Waals surface area (Å²) in [6.07, 6.45) is 18.6. The predicted molar refractivity (Wildman–Crippen MR) is 182 cm³/mol. The normalized spacial score (nSPS) is 21.4. The van der Waals surface area contributed by atoms with Crippen molar-refractivity contribution in [2.45, 2.75) is 139 Å². The van der Waals surface area contributed by atoms with Crippen molar-refractivity contribution < 1.29 is 9.90 Å². The summed E-state index contributed by atoms with van der Waals surface area (Å²) in [5.74, 6) is 1.20. The maximum absolute atomic E-state index is 12.3. The van der Waals surface area contributed by atoms with Gasteiger partial charge >= 0.3 is 0 Å². The number of amides is 1. The Kier molecular flexibility index (Phi) is 16.6. The number of hydrogen-bond acceptors (Lipinski definition) is 5. The number of aryl methyl sites for hydroxylation is 2. The molecule has 0 spiro atoms. The van der Waals surface area contributed by atoms with Gasteiger partial charge in [0.1, 0.15) is 0 Å². The molecule has 6 heteroatoms. The zero-order valence-electron chi connectivity index (χ0n) is 28.9. The number of benzene rings is 1. The summed E-state index contributed by atoms with van der Waals surface area (Å²) in [4.78, 5) is 18.5. The van der Waals surface area contributed by atoms with Gasteiger partial charge in [0.25, 0.3) is 0 Å². The first kappa shape index (κ1) is 38.1. The SMILES string of the molecule is C/C=C\CC.CCCCC1(C)CCCC(CN(C(C)=O)C2=CNC(C(C)(C)O)C=N2)C1.CCc1cc(C#N)cc(C)c1C. The second-order valence-corrected chi connectivity index (χ2v) is 13.1. The third-order valence-corrected chi connectivity index (χ3v) is 8.67. The van der Waals surface area contributed by atoms with Crippen molar-refractivity contribution in [3.05, 3.63) is 58.6 Å². The Morgan fingerprint density at radius 1 is 1.28 bits per heavy atom. The quantitative estimate of drug-likeness (QED) is 0.281. The molecule has 1 aromatic carbocycles. The van der Waals surface area contributed by atoms with Crippen LogP contribution in [0.4, 0.5) is 0 Å². The van der Waals surface area contributed by atoms with Crippen molar-refractivity contribution in [1.29, 1.82) is 5.26 Å². The fourth-order valence-corrected chi connectivity index (χ4v) is 5.88. The molecule has 2 N–H and O–H groups in total. The highest BCUT2D eigenvalue weighted by atomic mass is 16.3. The molecule has 1 heterocycles. The van der Waals surface area contributed by atoms with E-state index in [1.165, 1.54) is 61.6 Å². The molecule has 3 rings (SSSR count). The fourth-order valence-electron chi connectivity index (χ4n) is 5.88. The first-order chi connectivity index (χ1) is 20.2. The van der Waals surface area contributed by atoms with Crippen LogP contribution in [0.5, 0.6) is 0 Å². The molecule has 1 aliphatic heterocycles. The highest BCUT2D eigenvalue weighted by molar-refractivity contribution is 5.77. The van der Waals surface area contributed by atoms with Gasteiger partial charge in [-0.25, -0.2) is 4.99 Å². The summed E-state index contributed by atoms with van der Waals surface area (Å²) in [5, 5.41) is 22.0. The number of nitrogens with zero attached hydrogens (tertiary/aromatic N) is 3. The van der Waals surface area contributed by atoms with Crippen LogP contribution in [-0.4, -0.2) is 40.3 Å². The highest BCUT2D eigenvalue weighted by Gasteiger charge is 2.34. The van der Waals surface area contributed by atoms with E-state index in [1.807, 2.05) is 19.1 Å². The molecule has 0 bridgehead atoms. The van der Waals surface area contributed by atoms with Gasteiger partial charge in [-0.05, 0) is 113 Å². The molecular weight excluding hydrogens is 532 g/mol. The van der Waals surface area contributed by atoms with Crippen molar-refractivity contribution in [2.24, 2.45) is 16.3 Å². The fraction of sp³-hybridized carbons (Fsp3) is 0.649. The molecule has 3 atom stereocenters. The molecule has 43 heavy (non-hydrogen) atoms. The van der Waals surface area contributed by atoms with E-state index in [9.17, 15) is 9.90 Å². The zero-order chi connectivity index (χ0) is 32.6. The molecule has 1 amide bonds. The number of unbranched alkanes of at least 4 members (excludes halogenated alkanes) is 1. The number of aliphatic hydroxyl groups is 1. The lowest BCUT2D eigenvalue weighted by Gasteiger charge is -2.40. The molecule has 0 radical (unpaired) electrons. The molecule has 6 nitrogen and oxygen atoms in total. The Labute approximate surface area is 263 Å². The molecule has 1 saturated carbocycles. The van der Waals surface area contributed by atoms with Crippen molar-refractivity contribution in [3.63, 3.8) is 0 Å². The third kappa shape index (κ3) is 13.1. The molecular formula is C37H60N4O2. The molecule has 1 aliphatic carbocycles. The van der Waals surface area contributed by atoms with Gasteiger partial charge in [-0.2, -0.15) is 5.26 Å². The minimum Gasteiger partial charge on any atom is -0.388 e. The summed E-state index contributed by atoms with van der Waals surface area (Å²) < 4.78 is 0. The van der Waals surface area contributed by atoms with E-state index in [0.717, 1.165) is 24.9 Å². The van der Waals surface area contributed by atoms with E-state index in [4.69, 9.17) is 5.26 Å². The standard InChI is InChI=1S/C21H37N3O2.C11H13N.C5H10/c1-6-7-10-21(5)11-8-9-17(12-21)15-24(16(2)25)19-14-22-18(13-23-19)20(3,4)26;1-4-11-6-10(7-12)5-8(2)9(11)3;1-3-5-4-2/h13-14,17-18,22,26H,6-12,15H2,1-5H3;5-6H,4H2,1-3H3;3,5H,4H2,1-2H3/b;;5-3-. The lowest BCUT2D eigenvalue weighted by Crippen LogP contribution is -2.48. The van der Waals surface area contributed by atoms with E-state index >= 15 is 0 Å². The predicted octanol–water partition coefficient (Wildman–Crippen LogP) is 8.54. The van der Waals surface area contributed by atoms with Crippen LogP contribution in [0, 0.1) is 36.5 Å². The van der Waals surface area contributed by atoms with Crippen LogP contribution in [0.25, 0.3) is 0 Å². The smallest absolute Gasteiger partial charge is 0.225 e. The summed E-state index contributed by atoms with van der Waals surface area (Å²) in [5.41, 5.74) is 4.11. The minimum absolute atomic E-state index is 0.0257. The van der Waals surface area contributed by atoms with Crippen LogP contribution in [0.1, 0.15) is 129 Å². The van der Waals surface area contributed by atoms with Gasteiger partial charge in [-0.3, -0.25) is 9.69 Å². The van der Waals surface area contributed by atoms with Crippen LogP contribution >= 0.6 is 0 Å². The van der Waals surface area contributed by atoms with Crippen LogP contribution in [0.3, 0.4) is 0 Å². The Hall–Kier alpha value is -2.91. The average molecular weight is 593 g/mol. The molecule has 0 saturated heterocycles. The monoisotopic (exact) mass is 592 g/mol. The van der Waals surface area contributed by atoms with E-state index < -0.39 is 5.60 Å². The first-order valence-corrected chi connectivity index (χ1v) is 16.4. The van der Waals surface area contributed by atoms with E-state index in [1.54, 1.807) is 38.1 Å². The molecule has 2 aliphatic rings. The lowest BCUT2D eigenvalue weighted by atomic mass is 9.68. The maximum atomic E-state index is 12.3. The van der Waals surface area contributed by atoms with Crippen LogP contribution < -0.4 is 5.32 Å². The van der Waals surface area contributed by atoms with E-state index in [0.29, 0.717) is 17.2 Å². The van der Waals surface area contributed by atoms with Gasteiger partial charge in [0.15, 0.2) is 5.82 Å². The number of nitriles is 1. The lowest BCUT2D eigenvalue weighted by molar-refractivity contribution is -0.127. The topological polar surface area (TPSA) is 88.7 Å². The van der Waals surface area contributed by atoms with Crippen molar-refractivity contribution >= 4 is 12.1 Å². The molecule has 240 valence electrons. The highest BCUT2D eigenvalue weighted by Crippen LogP contribution is 2.43. The van der Waals surface area contributed by atoms with Gasteiger partial charge in [0, 0.05) is 25.9 Å². The number of aliphatic imine (C=N–C) groups is 1. The van der Waals surface area contributed by atoms with Crippen molar-refractivity contribution in [2.75, 3.05) is 6.54 Å². The second-order valence-electron chi connectivity index (χ2n) is 13.1. The summed E-state index contributed by atoms with van der Waals surface area (Å²) >= 11 is 0. The third-order valence-electron chi connectivity index (χ3n) is 8.67. The number of rotatable bonds is 9. The Morgan fingerprint density at radius 2 is 1.98 bits per heavy atom. The Bertz CT molecular complexity index is 1140. The largest absolute Gasteiger partial charge is 0.388 e. The van der Waals surface area contributed by atoms with Gasteiger partial charge < -0.3 is 10.4 Å². The van der Waals surface area contributed by atoms with Crippen LogP contribution in [-0.2, 0) is 11.2 Å². The number of hydrogen-bond donors (Lipinski definition) is 2. The first-order valence-electron chi connectivity index (χ1n) is 16.4. The minimum atomic E-state index is -0.892. The molecule has 1 fully saturated rings. The second kappa shape index (κ2) is 18.7. The van der Waals surface area contributed by atoms with Crippen molar-refractivity contribution in [1.82, 2.24) is 10.2 Å². The van der Waals surface area contributed by atoms with E-state index in [2.05, 4.69) is 70.1 Å². The molecule has 1 aromatic rings. The molecule has 3 unspecified atom stereocenters. The van der Waals surface area contributed by atoms with Gasteiger partial charge in [0.05, 0.1) is 23.3 Å². The summed E-state index contributed by atoms with van der Waals surface area (Å²) in [7, 11) is 0. The number of carbonyl (C=O) groups excluding carboxylic acids is 1. The summed E-state index contributed by atoms with van der Waals surface area (Å²) in [6.45, 7) is 20.9. The van der Waals surface area contributed by atoms with Crippen LogP contribution in [0.2, 0.25) is 0 Å².